The van der Waals surface area contributed by atoms with E-state index in [1.165, 1.54) is 69.7 Å². The Morgan fingerprint density at radius 1 is 1.04 bits per heavy atom. The summed E-state index contributed by atoms with van der Waals surface area (Å²) in [5.41, 5.74) is 4.54. The van der Waals surface area contributed by atoms with Crippen LogP contribution in [-0.2, 0) is 6.54 Å². The molecule has 2 aliphatic rings. The smallest absolute Gasteiger partial charge is 0.127 e. The lowest BCUT2D eigenvalue weighted by molar-refractivity contribution is -1.02. The Labute approximate surface area is 141 Å². The van der Waals surface area contributed by atoms with E-state index >= 15 is 0 Å². The molecule has 23 heavy (non-hydrogen) atoms. The number of quaternary nitrogens is 2. The lowest BCUT2D eigenvalue weighted by Gasteiger charge is -2.31. The van der Waals surface area contributed by atoms with Crippen molar-refractivity contribution in [3.8, 4) is 0 Å². The van der Waals surface area contributed by atoms with Crippen molar-refractivity contribution >= 4 is 0 Å². The zero-order chi connectivity index (χ0) is 16.1. The molecule has 3 rings (SSSR count). The molecule has 2 nitrogen and oxygen atoms in total. The van der Waals surface area contributed by atoms with Crippen LogP contribution < -0.4 is 9.80 Å². The molecule has 0 radical (unpaired) electrons. The minimum atomic E-state index is 0.737. The molecule has 1 aromatic rings. The monoisotopic (exact) mass is 312 g/mol. The molecule has 1 fully saturated rings. The summed E-state index contributed by atoms with van der Waals surface area (Å²) in [5, 5.41) is 0. The highest BCUT2D eigenvalue weighted by Gasteiger charge is 2.25. The van der Waals surface area contributed by atoms with Gasteiger partial charge in [-0.1, -0.05) is 48.6 Å². The van der Waals surface area contributed by atoms with Crippen molar-refractivity contribution in [1.82, 2.24) is 0 Å². The van der Waals surface area contributed by atoms with E-state index in [1.807, 2.05) is 0 Å². The lowest BCUT2D eigenvalue weighted by atomic mass is 9.85. The molecular formula is C21H32N2+2. The van der Waals surface area contributed by atoms with Crippen LogP contribution in [0.25, 0.3) is 0 Å². The van der Waals surface area contributed by atoms with Crippen molar-refractivity contribution < 1.29 is 9.80 Å². The molecular weight excluding hydrogens is 280 g/mol. The molecule has 0 aromatic heterocycles. The lowest BCUT2D eigenvalue weighted by Crippen LogP contribution is -3.27. The number of nitrogens with one attached hydrogen (secondary N) is 2. The van der Waals surface area contributed by atoms with Crippen molar-refractivity contribution in [3.05, 3.63) is 59.7 Å². The van der Waals surface area contributed by atoms with Crippen LogP contribution in [0.3, 0.4) is 0 Å². The van der Waals surface area contributed by atoms with E-state index < -0.39 is 0 Å². The Morgan fingerprint density at radius 3 is 2.26 bits per heavy atom. The molecule has 1 aliphatic heterocycles. The first kappa shape index (κ1) is 16.5. The minimum Gasteiger partial charge on any atom is -0.322 e. The van der Waals surface area contributed by atoms with E-state index in [4.69, 9.17) is 0 Å². The van der Waals surface area contributed by atoms with Crippen LogP contribution in [0.2, 0.25) is 0 Å². The van der Waals surface area contributed by atoms with Crippen LogP contribution >= 0.6 is 0 Å². The highest BCUT2D eigenvalue weighted by Crippen LogP contribution is 2.27. The van der Waals surface area contributed by atoms with E-state index in [9.17, 15) is 0 Å². The second-order valence-corrected chi connectivity index (χ2v) is 7.52. The zero-order valence-electron chi connectivity index (χ0n) is 14.6. The van der Waals surface area contributed by atoms with Gasteiger partial charge in [0, 0.05) is 5.56 Å². The molecule has 1 heterocycles. The molecule has 0 spiro atoms. The molecule has 1 saturated heterocycles. The Hall–Kier alpha value is -1.38. The molecule has 2 heteroatoms. The topological polar surface area (TPSA) is 8.88 Å². The van der Waals surface area contributed by atoms with E-state index in [0.717, 1.165) is 5.92 Å². The molecule has 0 bridgehead atoms. The van der Waals surface area contributed by atoms with E-state index in [-0.39, 0.29) is 0 Å². The third-order valence-electron chi connectivity index (χ3n) is 5.64. The Morgan fingerprint density at radius 2 is 1.70 bits per heavy atom. The summed E-state index contributed by atoms with van der Waals surface area (Å²) >= 11 is 0. The van der Waals surface area contributed by atoms with Crippen molar-refractivity contribution in [1.29, 1.82) is 0 Å². The summed E-state index contributed by atoms with van der Waals surface area (Å²) in [5.74, 6) is 0.737. The Bertz CT molecular complexity index is 538. The highest BCUT2D eigenvalue weighted by molar-refractivity contribution is 5.13. The number of rotatable bonds is 5. The Balaban J connectivity index is 1.42. The van der Waals surface area contributed by atoms with Crippen LogP contribution in [-0.4, -0.2) is 32.7 Å². The maximum atomic E-state index is 4.12. The third-order valence-corrected chi connectivity index (χ3v) is 5.64. The highest BCUT2D eigenvalue weighted by atomic mass is 15.3. The summed E-state index contributed by atoms with van der Waals surface area (Å²) in [6.07, 6.45) is 6.35. The summed E-state index contributed by atoms with van der Waals surface area (Å²) in [4.78, 5) is 3.54. The molecule has 1 aliphatic carbocycles. The second-order valence-electron chi connectivity index (χ2n) is 7.52. The molecule has 0 saturated carbocycles. The number of benzene rings is 1. The van der Waals surface area contributed by atoms with Gasteiger partial charge in [0.2, 0.25) is 0 Å². The van der Waals surface area contributed by atoms with Crippen LogP contribution in [0.1, 0.15) is 31.7 Å². The quantitative estimate of drug-likeness (QED) is 0.758. The van der Waals surface area contributed by atoms with Gasteiger partial charge in [0.25, 0.3) is 0 Å². The molecule has 124 valence electrons. The van der Waals surface area contributed by atoms with Crippen molar-refractivity contribution in [2.45, 2.75) is 32.7 Å². The van der Waals surface area contributed by atoms with Gasteiger partial charge < -0.3 is 9.80 Å². The predicted octanol–water partition coefficient (Wildman–Crippen LogP) is 1.27. The zero-order valence-corrected chi connectivity index (χ0v) is 14.6. The summed E-state index contributed by atoms with van der Waals surface area (Å²) in [7, 11) is 0. The maximum absolute atomic E-state index is 4.12. The standard InChI is InChI=1S/C21H30N2/c1-18(2)21-10-8-20(9-11-21)17-23-14-12-22(13-15-23)16-19-6-4-3-5-7-19/h3-8,21H,1,9-17H2,2H3/p+2/t21-/m1/s1. The van der Waals surface area contributed by atoms with Gasteiger partial charge in [-0.3, -0.25) is 0 Å². The molecule has 2 N–H and O–H groups in total. The maximum Gasteiger partial charge on any atom is 0.127 e. The van der Waals surface area contributed by atoms with Gasteiger partial charge in [-0.25, -0.2) is 0 Å². The fourth-order valence-corrected chi connectivity index (χ4v) is 4.01. The van der Waals surface area contributed by atoms with Crippen LogP contribution in [0.15, 0.2) is 54.1 Å². The first-order chi connectivity index (χ1) is 11.2. The van der Waals surface area contributed by atoms with Gasteiger partial charge >= 0.3 is 0 Å². The average molecular weight is 313 g/mol. The minimum absolute atomic E-state index is 0.737. The van der Waals surface area contributed by atoms with E-state index in [0.29, 0.717) is 0 Å². The largest absolute Gasteiger partial charge is 0.322 e. The van der Waals surface area contributed by atoms with Crippen molar-refractivity contribution in [2.75, 3.05) is 32.7 Å². The van der Waals surface area contributed by atoms with Gasteiger partial charge in [-0.05, 0) is 37.7 Å². The number of hydrogen-bond acceptors (Lipinski definition) is 0. The predicted molar refractivity (Wildman–Crippen MR) is 96.6 cm³/mol. The molecule has 1 atom stereocenters. The average Bonchev–Trinajstić information content (AvgIpc) is 2.58. The molecule has 0 unspecified atom stereocenters. The SMILES string of the molecule is C=C(C)[C@@H]1CC=C(C[NH+]2CC[NH+](Cc3ccccc3)CC2)CC1. The van der Waals surface area contributed by atoms with Crippen LogP contribution in [0, 0.1) is 5.92 Å². The molecule has 0 amide bonds. The van der Waals surface area contributed by atoms with Crippen molar-refractivity contribution in [2.24, 2.45) is 5.92 Å². The first-order valence-corrected chi connectivity index (χ1v) is 9.25. The Kier molecular flexibility index (Phi) is 5.69. The fourth-order valence-electron chi connectivity index (χ4n) is 4.01. The van der Waals surface area contributed by atoms with Crippen LogP contribution in [0.4, 0.5) is 0 Å². The fraction of sp³-hybridized carbons (Fsp3) is 0.524. The normalized spacial score (nSPS) is 28.2. The number of piperazine rings is 1. The third kappa shape index (κ3) is 4.79. The summed E-state index contributed by atoms with van der Waals surface area (Å²) < 4.78 is 0. The molecule has 1 aromatic carbocycles. The summed E-state index contributed by atoms with van der Waals surface area (Å²) in [6, 6.07) is 10.9. The summed E-state index contributed by atoms with van der Waals surface area (Å²) in [6.45, 7) is 14.0. The second kappa shape index (κ2) is 7.94. The van der Waals surface area contributed by atoms with Crippen LogP contribution in [0.5, 0.6) is 0 Å². The first-order valence-electron chi connectivity index (χ1n) is 9.25. The van der Waals surface area contributed by atoms with Gasteiger partial charge in [0.1, 0.15) is 32.7 Å². The number of allylic oxidation sites excluding steroid dienone is 2. The number of hydrogen-bond donors (Lipinski definition) is 2. The van der Waals surface area contributed by atoms with Gasteiger partial charge in [-0.2, -0.15) is 0 Å². The van der Waals surface area contributed by atoms with Gasteiger partial charge in [-0.15, -0.1) is 0 Å². The van der Waals surface area contributed by atoms with Gasteiger partial charge in [0.15, 0.2) is 0 Å². The van der Waals surface area contributed by atoms with Crippen molar-refractivity contribution in [3.63, 3.8) is 0 Å². The van der Waals surface area contributed by atoms with Gasteiger partial charge in [0.05, 0.1) is 6.54 Å². The van der Waals surface area contributed by atoms with E-state index in [1.54, 1.807) is 15.4 Å². The van der Waals surface area contributed by atoms with E-state index in [2.05, 4.69) is 49.9 Å².